The number of nitro groups is 1. The van der Waals surface area contributed by atoms with E-state index in [9.17, 15) is 26.9 Å². The Hall–Kier alpha value is -1.60. The van der Waals surface area contributed by atoms with Gasteiger partial charge in [0.05, 0.1) is 28.3 Å². The molecule has 0 bridgehead atoms. The maximum Gasteiger partial charge on any atom is 0.282 e. The van der Waals surface area contributed by atoms with Crippen molar-refractivity contribution < 1.29 is 26.5 Å². The van der Waals surface area contributed by atoms with Crippen molar-refractivity contribution >= 4 is 25.7 Å². The van der Waals surface area contributed by atoms with Crippen LogP contribution in [0.25, 0.3) is 0 Å². The third kappa shape index (κ3) is 4.14. The number of nitro benzene ring substituents is 1. The largest absolute Gasteiger partial charge is 0.379 e. The molecule has 150 valence electrons. The first kappa shape index (κ1) is 20.1. The molecule has 2 saturated heterocycles. The van der Waals surface area contributed by atoms with Crippen molar-refractivity contribution in [3.05, 3.63) is 34.4 Å². The van der Waals surface area contributed by atoms with Crippen molar-refractivity contribution in [3.63, 3.8) is 0 Å². The minimum Gasteiger partial charge on any atom is -0.379 e. The van der Waals surface area contributed by atoms with Gasteiger partial charge in [-0.1, -0.05) is 6.07 Å². The molecule has 12 heteroatoms. The molecule has 0 spiro atoms. The molecule has 0 radical (unpaired) electrons. The van der Waals surface area contributed by atoms with E-state index in [1.54, 1.807) is 0 Å². The highest BCUT2D eigenvalue weighted by molar-refractivity contribution is 7.92. The fourth-order valence-corrected chi connectivity index (χ4v) is 6.66. The number of hydrogen-bond donors (Lipinski definition) is 0. The van der Waals surface area contributed by atoms with Crippen LogP contribution in [0.15, 0.2) is 29.2 Å². The fourth-order valence-electron chi connectivity index (χ4n) is 3.28. The van der Waals surface area contributed by atoms with Gasteiger partial charge in [-0.2, -0.15) is 17.0 Å². The minimum atomic E-state index is -3.77. The third-order valence-corrected chi connectivity index (χ3v) is 9.11. The first-order valence-corrected chi connectivity index (χ1v) is 11.5. The number of morpholine rings is 1. The number of sulfone groups is 1. The van der Waals surface area contributed by atoms with Crippen LogP contribution in [-0.4, -0.2) is 75.0 Å². The molecule has 1 aromatic carbocycles. The summed E-state index contributed by atoms with van der Waals surface area (Å²) in [5.41, 5.74) is -0.289. The lowest BCUT2D eigenvalue weighted by molar-refractivity contribution is -0.385. The van der Waals surface area contributed by atoms with E-state index in [1.807, 2.05) is 0 Å². The van der Waals surface area contributed by atoms with Gasteiger partial charge < -0.3 is 4.74 Å². The molecular weight excluding hydrogens is 398 g/mol. The molecule has 2 aliphatic rings. The van der Waals surface area contributed by atoms with E-state index in [0.29, 0.717) is 13.2 Å². The molecule has 0 N–H and O–H groups in total. The zero-order chi connectivity index (χ0) is 19.7. The van der Waals surface area contributed by atoms with Crippen molar-refractivity contribution in [2.24, 2.45) is 0 Å². The number of benzene rings is 1. The summed E-state index contributed by atoms with van der Waals surface area (Å²) in [6.45, 7) is 1.45. The Morgan fingerprint density at radius 1 is 1.00 bits per heavy atom. The van der Waals surface area contributed by atoms with Crippen LogP contribution in [0.1, 0.15) is 12.8 Å². The lowest BCUT2D eigenvalue weighted by Crippen LogP contribution is -2.51. The molecule has 0 amide bonds. The average Bonchev–Trinajstić information content (AvgIpc) is 2.69. The Bertz CT molecular complexity index is 903. The molecule has 27 heavy (non-hydrogen) atoms. The Morgan fingerprint density at radius 3 is 2.19 bits per heavy atom. The standard InChI is InChI=1S/C15H21N3O7S2/c19-18(20)13-2-1-3-15(12-13)26(21,22)14-4-6-16(7-5-14)27(23,24)17-8-10-25-11-9-17/h1-3,12,14H,4-11H2. The number of nitrogens with zero attached hydrogens (tertiary/aromatic N) is 3. The topological polar surface area (TPSA) is 127 Å². The first-order valence-electron chi connectivity index (χ1n) is 8.54. The summed E-state index contributed by atoms with van der Waals surface area (Å²) >= 11 is 0. The number of non-ortho nitro benzene ring substituents is 1. The highest BCUT2D eigenvalue weighted by Crippen LogP contribution is 2.28. The number of hydrogen-bond acceptors (Lipinski definition) is 7. The van der Waals surface area contributed by atoms with E-state index in [1.165, 1.54) is 26.8 Å². The summed E-state index contributed by atoms with van der Waals surface area (Å²) in [5, 5.41) is 10.1. The normalized spacial score (nSPS) is 21.2. The number of ether oxygens (including phenoxy) is 1. The Labute approximate surface area is 158 Å². The van der Waals surface area contributed by atoms with Crippen LogP contribution in [0, 0.1) is 10.1 Å². The summed E-state index contributed by atoms with van der Waals surface area (Å²) < 4.78 is 58.7. The molecular formula is C15H21N3O7S2. The molecule has 0 saturated carbocycles. The molecule has 2 aliphatic heterocycles. The molecule has 0 atom stereocenters. The highest BCUT2D eigenvalue weighted by atomic mass is 32.2. The summed E-state index contributed by atoms with van der Waals surface area (Å²) in [5.74, 6) is 0. The van der Waals surface area contributed by atoms with E-state index < -0.39 is 30.2 Å². The van der Waals surface area contributed by atoms with Gasteiger partial charge in [0.2, 0.25) is 0 Å². The number of rotatable bonds is 5. The fraction of sp³-hybridized carbons (Fsp3) is 0.600. The molecule has 2 heterocycles. The molecule has 3 rings (SSSR count). The summed E-state index contributed by atoms with van der Waals surface area (Å²) in [4.78, 5) is 10.1. The lowest BCUT2D eigenvalue weighted by atomic mass is 10.2. The van der Waals surface area contributed by atoms with Gasteiger partial charge in [0.15, 0.2) is 9.84 Å². The Kier molecular flexibility index (Phi) is 5.82. The van der Waals surface area contributed by atoms with Crippen LogP contribution in [-0.2, 0) is 24.8 Å². The second kappa shape index (κ2) is 7.80. The molecule has 0 aromatic heterocycles. The highest BCUT2D eigenvalue weighted by Gasteiger charge is 2.38. The minimum absolute atomic E-state index is 0.0957. The van der Waals surface area contributed by atoms with Crippen molar-refractivity contribution in [2.75, 3.05) is 39.4 Å². The maximum absolute atomic E-state index is 12.8. The van der Waals surface area contributed by atoms with Gasteiger partial charge in [-0.05, 0) is 18.9 Å². The second-order valence-corrected chi connectivity index (χ2v) is 10.6. The predicted octanol–water partition coefficient (Wildman–Crippen LogP) is 0.410. The van der Waals surface area contributed by atoms with E-state index in [4.69, 9.17) is 4.74 Å². The van der Waals surface area contributed by atoms with Crippen LogP contribution in [0.4, 0.5) is 5.69 Å². The van der Waals surface area contributed by atoms with Gasteiger partial charge in [-0.15, -0.1) is 0 Å². The summed E-state index contributed by atoms with van der Waals surface area (Å²) in [6.07, 6.45) is 0.295. The molecule has 10 nitrogen and oxygen atoms in total. The van der Waals surface area contributed by atoms with Gasteiger partial charge in [-0.3, -0.25) is 10.1 Å². The van der Waals surface area contributed by atoms with Crippen LogP contribution >= 0.6 is 0 Å². The van der Waals surface area contributed by atoms with Crippen LogP contribution in [0.3, 0.4) is 0 Å². The van der Waals surface area contributed by atoms with Crippen molar-refractivity contribution in [1.29, 1.82) is 0 Å². The van der Waals surface area contributed by atoms with Gasteiger partial charge in [0.1, 0.15) is 0 Å². The van der Waals surface area contributed by atoms with Crippen LogP contribution in [0.2, 0.25) is 0 Å². The van der Waals surface area contributed by atoms with Crippen LogP contribution < -0.4 is 0 Å². The van der Waals surface area contributed by atoms with Gasteiger partial charge in [0.25, 0.3) is 15.9 Å². The predicted molar refractivity (Wildman–Crippen MR) is 96.2 cm³/mol. The SMILES string of the molecule is O=[N+]([O-])c1cccc(S(=O)(=O)C2CCN(S(=O)(=O)N3CCOCC3)CC2)c1. The zero-order valence-electron chi connectivity index (χ0n) is 14.6. The second-order valence-electron chi connectivity index (χ2n) is 6.42. The molecule has 0 aliphatic carbocycles. The monoisotopic (exact) mass is 419 g/mol. The van der Waals surface area contributed by atoms with Gasteiger partial charge >= 0.3 is 0 Å². The van der Waals surface area contributed by atoms with E-state index in [-0.39, 0.29) is 49.6 Å². The van der Waals surface area contributed by atoms with Crippen molar-refractivity contribution in [1.82, 2.24) is 8.61 Å². The summed E-state index contributed by atoms with van der Waals surface area (Å²) in [7, 11) is -7.41. The average molecular weight is 419 g/mol. The molecule has 1 aromatic rings. The van der Waals surface area contributed by atoms with E-state index in [0.717, 1.165) is 6.07 Å². The number of piperidine rings is 1. The lowest BCUT2D eigenvalue weighted by Gasteiger charge is -2.35. The molecule has 2 fully saturated rings. The quantitative estimate of drug-likeness (QED) is 0.499. The Morgan fingerprint density at radius 2 is 1.59 bits per heavy atom. The zero-order valence-corrected chi connectivity index (χ0v) is 16.2. The van der Waals surface area contributed by atoms with E-state index in [2.05, 4.69) is 0 Å². The van der Waals surface area contributed by atoms with Crippen molar-refractivity contribution in [2.45, 2.75) is 23.0 Å². The van der Waals surface area contributed by atoms with E-state index >= 15 is 0 Å². The van der Waals surface area contributed by atoms with Gasteiger partial charge in [-0.25, -0.2) is 8.42 Å². The molecule has 0 unspecified atom stereocenters. The maximum atomic E-state index is 12.8. The Balaban J connectivity index is 1.71. The van der Waals surface area contributed by atoms with Gasteiger partial charge in [0, 0.05) is 38.3 Å². The van der Waals surface area contributed by atoms with Crippen molar-refractivity contribution in [3.8, 4) is 0 Å². The first-order chi connectivity index (χ1) is 12.7. The smallest absolute Gasteiger partial charge is 0.282 e. The third-order valence-electron chi connectivity index (χ3n) is 4.82. The summed E-state index contributed by atoms with van der Waals surface area (Å²) in [6, 6.07) is 4.95. The van der Waals surface area contributed by atoms with Crippen LogP contribution in [0.5, 0.6) is 0 Å².